The first-order chi connectivity index (χ1) is 14.3. The molecule has 2 unspecified atom stereocenters. The molecule has 2 aromatic carbocycles. The van der Waals surface area contributed by atoms with Crippen LogP contribution in [0.5, 0.6) is 0 Å². The van der Waals surface area contributed by atoms with Gasteiger partial charge in [-0.3, -0.25) is 9.59 Å². The average Bonchev–Trinajstić information content (AvgIpc) is 2.72. The number of aryl methyl sites for hydroxylation is 2. The molecule has 2 rings (SSSR count). The van der Waals surface area contributed by atoms with Crippen molar-refractivity contribution in [2.45, 2.75) is 65.7 Å². The first-order valence-corrected chi connectivity index (χ1v) is 10.9. The normalized spacial score (nSPS) is 12.4. The molecule has 4 heteroatoms. The maximum absolute atomic E-state index is 11.1. The number of aliphatic carboxylic acids is 2. The van der Waals surface area contributed by atoms with Crippen molar-refractivity contribution in [1.82, 2.24) is 0 Å². The summed E-state index contributed by atoms with van der Waals surface area (Å²) in [6.07, 6.45) is 4.91. The fourth-order valence-corrected chi connectivity index (χ4v) is 3.47. The first-order valence-electron chi connectivity index (χ1n) is 10.9. The van der Waals surface area contributed by atoms with Gasteiger partial charge in [0.25, 0.3) is 0 Å². The Kier molecular flexibility index (Phi) is 12.2. The van der Waals surface area contributed by atoms with E-state index in [2.05, 4.69) is 38.1 Å². The number of hydrogen-bond acceptors (Lipinski definition) is 2. The number of benzene rings is 2. The van der Waals surface area contributed by atoms with E-state index in [1.807, 2.05) is 37.3 Å². The molecule has 0 heterocycles. The molecule has 0 aliphatic carbocycles. The molecule has 2 N–H and O–H groups in total. The van der Waals surface area contributed by atoms with Crippen LogP contribution in [0.1, 0.15) is 62.6 Å². The minimum absolute atomic E-state index is 0.0908. The van der Waals surface area contributed by atoms with Crippen LogP contribution in [-0.2, 0) is 22.4 Å². The third-order valence-corrected chi connectivity index (χ3v) is 5.25. The van der Waals surface area contributed by atoms with Gasteiger partial charge in [0.05, 0.1) is 5.92 Å². The molecule has 2 aromatic rings. The minimum Gasteiger partial charge on any atom is -0.481 e. The summed E-state index contributed by atoms with van der Waals surface area (Å²) >= 11 is 0. The Morgan fingerprint density at radius 3 is 2.03 bits per heavy atom. The van der Waals surface area contributed by atoms with E-state index in [4.69, 9.17) is 10.2 Å². The van der Waals surface area contributed by atoms with Gasteiger partial charge >= 0.3 is 11.9 Å². The van der Waals surface area contributed by atoms with Crippen molar-refractivity contribution in [2.75, 3.05) is 0 Å². The van der Waals surface area contributed by atoms with Crippen molar-refractivity contribution in [3.05, 3.63) is 71.3 Å². The van der Waals surface area contributed by atoms with E-state index in [1.54, 1.807) is 0 Å². The Morgan fingerprint density at radius 2 is 1.53 bits per heavy atom. The summed E-state index contributed by atoms with van der Waals surface area (Å²) in [5.74, 6) is -1.92. The molecule has 0 aliphatic heterocycles. The molecule has 2 atom stereocenters. The van der Waals surface area contributed by atoms with Crippen LogP contribution in [-0.4, -0.2) is 22.2 Å². The van der Waals surface area contributed by atoms with Gasteiger partial charge in [-0.05, 0) is 56.1 Å². The highest BCUT2D eigenvalue weighted by atomic mass is 16.4. The molecule has 0 saturated heterocycles. The number of carbonyl (C=O) groups is 2. The SMILES string of the molecule is CCC(CC(CCC(=O)O)Cc1ccccc1)C(=O)O.CCCc1ccc(C)cc1. The largest absolute Gasteiger partial charge is 0.481 e. The van der Waals surface area contributed by atoms with Crippen molar-refractivity contribution >= 4 is 11.9 Å². The standard InChI is InChI=1S/C16H22O4.C10H14/c1-2-14(16(19)20)11-13(8-9-15(17)18)10-12-6-4-3-5-7-12;1-3-4-10-7-5-9(2)6-8-10/h3-7,13-14H,2,8-11H2,1H3,(H,17,18)(H,19,20);5-8H,3-4H2,1-2H3. The third kappa shape index (κ3) is 10.8. The predicted octanol–water partition coefficient (Wildman–Crippen LogP) is 6.16. The molecule has 164 valence electrons. The highest BCUT2D eigenvalue weighted by Gasteiger charge is 2.21. The van der Waals surface area contributed by atoms with E-state index in [0.717, 1.165) is 12.0 Å². The molecule has 0 saturated carbocycles. The fourth-order valence-electron chi connectivity index (χ4n) is 3.47. The summed E-state index contributed by atoms with van der Waals surface area (Å²) in [7, 11) is 0. The van der Waals surface area contributed by atoms with Crippen molar-refractivity contribution in [3.63, 3.8) is 0 Å². The Labute approximate surface area is 181 Å². The van der Waals surface area contributed by atoms with Gasteiger partial charge < -0.3 is 10.2 Å². The second kappa shape index (κ2) is 14.4. The highest BCUT2D eigenvalue weighted by molar-refractivity contribution is 5.70. The number of carboxylic acid groups (broad SMARTS) is 2. The number of hydrogen-bond donors (Lipinski definition) is 2. The second-order valence-electron chi connectivity index (χ2n) is 7.90. The van der Waals surface area contributed by atoms with E-state index in [-0.39, 0.29) is 12.3 Å². The maximum Gasteiger partial charge on any atom is 0.306 e. The Morgan fingerprint density at radius 1 is 0.900 bits per heavy atom. The fraction of sp³-hybridized carbons (Fsp3) is 0.462. The molecular weight excluding hydrogens is 376 g/mol. The van der Waals surface area contributed by atoms with Crippen molar-refractivity contribution in [3.8, 4) is 0 Å². The summed E-state index contributed by atoms with van der Waals surface area (Å²) in [6.45, 7) is 6.19. The average molecular weight is 413 g/mol. The predicted molar refractivity (Wildman–Crippen MR) is 122 cm³/mol. The Hall–Kier alpha value is -2.62. The topological polar surface area (TPSA) is 74.6 Å². The molecule has 0 bridgehead atoms. The first kappa shape index (κ1) is 25.4. The van der Waals surface area contributed by atoms with Crippen LogP contribution in [0.25, 0.3) is 0 Å². The molecule has 0 spiro atoms. The Balaban J connectivity index is 0.000000375. The van der Waals surface area contributed by atoms with Crippen LogP contribution in [0.3, 0.4) is 0 Å². The van der Waals surface area contributed by atoms with Crippen LogP contribution >= 0.6 is 0 Å². The highest BCUT2D eigenvalue weighted by Crippen LogP contribution is 2.24. The zero-order valence-corrected chi connectivity index (χ0v) is 18.5. The summed E-state index contributed by atoms with van der Waals surface area (Å²) < 4.78 is 0. The number of carboxylic acids is 2. The van der Waals surface area contributed by atoms with Crippen LogP contribution in [0, 0.1) is 18.8 Å². The van der Waals surface area contributed by atoms with Crippen molar-refractivity contribution < 1.29 is 19.8 Å². The van der Waals surface area contributed by atoms with E-state index >= 15 is 0 Å². The van der Waals surface area contributed by atoms with E-state index in [1.165, 1.54) is 24.0 Å². The summed E-state index contributed by atoms with van der Waals surface area (Å²) in [4.78, 5) is 21.9. The van der Waals surface area contributed by atoms with Crippen molar-refractivity contribution in [2.24, 2.45) is 11.8 Å². The smallest absolute Gasteiger partial charge is 0.306 e. The lowest BCUT2D eigenvalue weighted by molar-refractivity contribution is -0.142. The lowest BCUT2D eigenvalue weighted by Crippen LogP contribution is -2.19. The van der Waals surface area contributed by atoms with Gasteiger partial charge in [-0.25, -0.2) is 0 Å². The summed E-state index contributed by atoms with van der Waals surface area (Å²) in [5.41, 5.74) is 3.93. The molecule has 0 aromatic heterocycles. The van der Waals surface area contributed by atoms with Crippen LogP contribution in [0.15, 0.2) is 54.6 Å². The van der Waals surface area contributed by atoms with Gasteiger partial charge in [-0.2, -0.15) is 0 Å². The van der Waals surface area contributed by atoms with Crippen LogP contribution < -0.4 is 0 Å². The maximum atomic E-state index is 11.1. The quantitative estimate of drug-likeness (QED) is 0.463. The Bertz CT molecular complexity index is 737. The van der Waals surface area contributed by atoms with Crippen LogP contribution in [0.2, 0.25) is 0 Å². The van der Waals surface area contributed by atoms with E-state index in [9.17, 15) is 9.59 Å². The monoisotopic (exact) mass is 412 g/mol. The minimum atomic E-state index is -0.827. The molecule has 0 aliphatic rings. The summed E-state index contributed by atoms with van der Waals surface area (Å²) in [5, 5.41) is 18.0. The molecule has 0 fully saturated rings. The van der Waals surface area contributed by atoms with Gasteiger partial charge in [0.15, 0.2) is 0 Å². The molecule has 4 nitrogen and oxygen atoms in total. The van der Waals surface area contributed by atoms with Crippen molar-refractivity contribution in [1.29, 1.82) is 0 Å². The molecule has 30 heavy (non-hydrogen) atoms. The zero-order chi connectivity index (χ0) is 22.4. The molecule has 0 radical (unpaired) electrons. The zero-order valence-electron chi connectivity index (χ0n) is 18.5. The van der Waals surface area contributed by atoms with Gasteiger partial charge in [0.2, 0.25) is 0 Å². The number of rotatable bonds is 11. The lowest BCUT2D eigenvalue weighted by atomic mass is 9.85. The third-order valence-electron chi connectivity index (χ3n) is 5.25. The van der Waals surface area contributed by atoms with E-state index < -0.39 is 17.9 Å². The van der Waals surface area contributed by atoms with Gasteiger partial charge in [-0.1, -0.05) is 80.4 Å². The van der Waals surface area contributed by atoms with E-state index in [0.29, 0.717) is 19.3 Å². The summed E-state index contributed by atoms with van der Waals surface area (Å²) in [6, 6.07) is 18.6. The van der Waals surface area contributed by atoms with Crippen LogP contribution in [0.4, 0.5) is 0 Å². The lowest BCUT2D eigenvalue weighted by Gasteiger charge is -2.20. The van der Waals surface area contributed by atoms with Gasteiger partial charge in [-0.15, -0.1) is 0 Å². The molecule has 0 amide bonds. The van der Waals surface area contributed by atoms with Gasteiger partial charge in [0.1, 0.15) is 0 Å². The van der Waals surface area contributed by atoms with Gasteiger partial charge in [0, 0.05) is 6.42 Å². The second-order valence-corrected chi connectivity index (χ2v) is 7.90. The molecular formula is C26H36O4.